The number of alkyl halides is 1. The van der Waals surface area contributed by atoms with Gasteiger partial charge in [-0.25, -0.2) is 4.98 Å². The summed E-state index contributed by atoms with van der Waals surface area (Å²) in [6, 6.07) is 5.52. The third-order valence-corrected chi connectivity index (χ3v) is 6.88. The van der Waals surface area contributed by atoms with Crippen LogP contribution in [0.5, 0.6) is 0 Å². The third-order valence-electron chi connectivity index (χ3n) is 6.50. The second-order valence-corrected chi connectivity index (χ2v) is 8.67. The number of piperazine rings is 1. The minimum Gasteiger partial charge on any atom is -0.354 e. The van der Waals surface area contributed by atoms with Crippen molar-refractivity contribution in [1.82, 2.24) is 9.88 Å². The molecular formula is C21H30ClN3. The van der Waals surface area contributed by atoms with Crippen molar-refractivity contribution >= 4 is 17.4 Å². The van der Waals surface area contributed by atoms with Crippen LogP contribution in [-0.2, 0) is 0 Å². The van der Waals surface area contributed by atoms with E-state index in [1.165, 1.54) is 43.5 Å². The molecule has 1 aromatic rings. The van der Waals surface area contributed by atoms with Gasteiger partial charge < -0.3 is 4.90 Å². The van der Waals surface area contributed by atoms with Crippen LogP contribution >= 0.6 is 11.6 Å². The first kappa shape index (κ1) is 17.4. The lowest BCUT2D eigenvalue weighted by Gasteiger charge is -2.41. The molecule has 0 N–H and O–H groups in total. The smallest absolute Gasteiger partial charge is 0.131 e. The molecule has 0 radical (unpaired) electrons. The fourth-order valence-corrected chi connectivity index (χ4v) is 5.46. The van der Waals surface area contributed by atoms with E-state index in [1.54, 1.807) is 11.1 Å². The highest BCUT2D eigenvalue weighted by molar-refractivity contribution is 6.20. The molecule has 1 saturated carbocycles. The van der Waals surface area contributed by atoms with Gasteiger partial charge in [-0.05, 0) is 64.0 Å². The summed E-state index contributed by atoms with van der Waals surface area (Å²) in [7, 11) is 0. The van der Waals surface area contributed by atoms with E-state index in [2.05, 4.69) is 34.7 Å². The number of fused-ring (bicyclic) bond motifs is 1. The first-order chi connectivity index (χ1) is 12.1. The van der Waals surface area contributed by atoms with Gasteiger partial charge in [-0.2, -0.15) is 0 Å². The van der Waals surface area contributed by atoms with Gasteiger partial charge in [-0.15, -0.1) is 11.6 Å². The lowest BCUT2D eigenvalue weighted by molar-refractivity contribution is 0.191. The predicted molar refractivity (Wildman–Crippen MR) is 106 cm³/mol. The van der Waals surface area contributed by atoms with Crippen molar-refractivity contribution in [2.24, 2.45) is 0 Å². The normalized spacial score (nSPS) is 32.6. The lowest BCUT2D eigenvalue weighted by atomic mass is 9.88. The van der Waals surface area contributed by atoms with Crippen LogP contribution in [0.15, 0.2) is 29.5 Å². The Morgan fingerprint density at radius 3 is 2.92 bits per heavy atom. The van der Waals surface area contributed by atoms with Crippen LogP contribution in [-0.4, -0.2) is 47.0 Å². The monoisotopic (exact) mass is 359 g/mol. The number of halogens is 1. The van der Waals surface area contributed by atoms with Crippen molar-refractivity contribution in [3.05, 3.63) is 35.0 Å². The van der Waals surface area contributed by atoms with Gasteiger partial charge in [0.1, 0.15) is 5.82 Å². The number of aromatic nitrogens is 1. The number of aryl methyl sites for hydroxylation is 1. The summed E-state index contributed by atoms with van der Waals surface area (Å²) in [6.07, 6.45) is 9.37. The Labute approximate surface area is 157 Å². The highest BCUT2D eigenvalue weighted by Gasteiger charge is 2.39. The zero-order valence-electron chi connectivity index (χ0n) is 15.5. The van der Waals surface area contributed by atoms with Crippen molar-refractivity contribution in [3.8, 4) is 0 Å². The van der Waals surface area contributed by atoms with E-state index in [0.29, 0.717) is 17.5 Å². The van der Waals surface area contributed by atoms with Crippen LogP contribution in [0.4, 0.5) is 5.82 Å². The van der Waals surface area contributed by atoms with Gasteiger partial charge >= 0.3 is 0 Å². The molecule has 3 heterocycles. The standard InChI is InChI=1S/C21H30ClN3/c1-15-5-4-10-23-21(15)24-11-12-25-19(14-24)8-9-20(25)16(2)17-6-3-7-18(22)13-17/h4-5,10,18-20H,3,6-9,11-14H2,1-2H3/t18-,19+,20+/m1/s1. The zero-order chi connectivity index (χ0) is 17.4. The molecule has 0 amide bonds. The summed E-state index contributed by atoms with van der Waals surface area (Å²) in [6.45, 7) is 7.92. The first-order valence-electron chi connectivity index (χ1n) is 9.88. The maximum atomic E-state index is 6.44. The second-order valence-electron chi connectivity index (χ2n) is 8.05. The third kappa shape index (κ3) is 3.46. The van der Waals surface area contributed by atoms with E-state index in [-0.39, 0.29) is 0 Å². The predicted octanol–water partition coefficient (Wildman–Crippen LogP) is 4.54. The Hall–Kier alpha value is -1.06. The van der Waals surface area contributed by atoms with Gasteiger partial charge in [-0.1, -0.05) is 17.2 Å². The molecule has 0 spiro atoms. The molecule has 2 aliphatic heterocycles. The fraction of sp³-hybridized carbons (Fsp3) is 0.667. The quantitative estimate of drug-likeness (QED) is 0.570. The minimum atomic E-state index is 0.361. The summed E-state index contributed by atoms with van der Waals surface area (Å²) in [5, 5.41) is 0.361. The SMILES string of the molecule is CC(=C1CCC[C@@H](Cl)C1)[C@@H]1CC[C@H]2CN(c3ncccc3C)CCN21. The molecule has 3 atom stereocenters. The Morgan fingerprint density at radius 1 is 1.24 bits per heavy atom. The van der Waals surface area contributed by atoms with Crippen LogP contribution in [0.25, 0.3) is 0 Å². The molecule has 3 aliphatic rings. The Morgan fingerprint density at radius 2 is 2.12 bits per heavy atom. The van der Waals surface area contributed by atoms with Crippen LogP contribution in [0.2, 0.25) is 0 Å². The number of nitrogens with zero attached hydrogens (tertiary/aromatic N) is 3. The van der Waals surface area contributed by atoms with Gasteiger partial charge in [0.2, 0.25) is 0 Å². The molecule has 1 aromatic heterocycles. The summed E-state index contributed by atoms with van der Waals surface area (Å²) >= 11 is 6.44. The van der Waals surface area contributed by atoms with E-state index in [0.717, 1.165) is 26.1 Å². The molecule has 3 fully saturated rings. The van der Waals surface area contributed by atoms with Crippen molar-refractivity contribution in [1.29, 1.82) is 0 Å². The van der Waals surface area contributed by atoms with E-state index in [1.807, 2.05) is 12.3 Å². The number of hydrogen-bond donors (Lipinski definition) is 0. The maximum Gasteiger partial charge on any atom is 0.131 e. The largest absolute Gasteiger partial charge is 0.354 e. The van der Waals surface area contributed by atoms with Gasteiger partial charge in [0.15, 0.2) is 0 Å². The highest BCUT2D eigenvalue weighted by Crippen LogP contribution is 2.37. The van der Waals surface area contributed by atoms with Crippen molar-refractivity contribution in [2.75, 3.05) is 24.5 Å². The van der Waals surface area contributed by atoms with Crippen LogP contribution in [0.1, 0.15) is 51.0 Å². The summed E-state index contributed by atoms with van der Waals surface area (Å²) in [4.78, 5) is 9.91. The Kier molecular flexibility index (Phi) is 5.06. The number of pyridine rings is 1. The van der Waals surface area contributed by atoms with Gasteiger partial charge in [0.25, 0.3) is 0 Å². The number of anilines is 1. The number of allylic oxidation sites excluding steroid dienone is 1. The topological polar surface area (TPSA) is 19.4 Å². The van der Waals surface area contributed by atoms with Crippen LogP contribution in [0.3, 0.4) is 0 Å². The average molecular weight is 360 g/mol. The van der Waals surface area contributed by atoms with Gasteiger partial charge in [-0.3, -0.25) is 4.90 Å². The molecular weight excluding hydrogens is 330 g/mol. The molecule has 25 heavy (non-hydrogen) atoms. The molecule has 0 bridgehead atoms. The van der Waals surface area contributed by atoms with Crippen molar-refractivity contribution in [2.45, 2.75) is 69.8 Å². The lowest BCUT2D eigenvalue weighted by Crippen LogP contribution is -2.53. The average Bonchev–Trinajstić information content (AvgIpc) is 3.04. The molecule has 0 aromatic carbocycles. The highest BCUT2D eigenvalue weighted by atomic mass is 35.5. The number of rotatable bonds is 2. The molecule has 4 heteroatoms. The Balaban J connectivity index is 1.47. The summed E-state index contributed by atoms with van der Waals surface area (Å²) in [5.74, 6) is 1.18. The molecule has 0 unspecified atom stereocenters. The fourth-order valence-electron chi connectivity index (χ4n) is 5.12. The molecule has 1 aliphatic carbocycles. The molecule has 4 rings (SSSR count). The molecule has 2 saturated heterocycles. The second kappa shape index (κ2) is 7.28. The first-order valence-corrected chi connectivity index (χ1v) is 10.3. The summed E-state index contributed by atoms with van der Waals surface area (Å²) < 4.78 is 0. The van der Waals surface area contributed by atoms with E-state index in [9.17, 15) is 0 Å². The maximum absolute atomic E-state index is 6.44. The van der Waals surface area contributed by atoms with Crippen LogP contribution < -0.4 is 4.90 Å². The Bertz CT molecular complexity index is 656. The molecule has 136 valence electrons. The van der Waals surface area contributed by atoms with Gasteiger partial charge in [0.05, 0.1) is 0 Å². The molecule has 3 nitrogen and oxygen atoms in total. The summed E-state index contributed by atoms with van der Waals surface area (Å²) in [5.41, 5.74) is 4.58. The van der Waals surface area contributed by atoms with E-state index in [4.69, 9.17) is 11.6 Å². The van der Waals surface area contributed by atoms with E-state index >= 15 is 0 Å². The van der Waals surface area contributed by atoms with Crippen molar-refractivity contribution in [3.63, 3.8) is 0 Å². The number of hydrogen-bond acceptors (Lipinski definition) is 3. The van der Waals surface area contributed by atoms with E-state index < -0.39 is 0 Å². The van der Waals surface area contributed by atoms with Crippen molar-refractivity contribution < 1.29 is 0 Å². The van der Waals surface area contributed by atoms with Crippen LogP contribution in [0, 0.1) is 6.92 Å². The minimum absolute atomic E-state index is 0.361. The van der Waals surface area contributed by atoms with Gasteiger partial charge in [0, 0.05) is 43.3 Å². The zero-order valence-corrected chi connectivity index (χ0v) is 16.3.